The molecule has 0 saturated heterocycles. The van der Waals surface area contributed by atoms with Gasteiger partial charge in [0.05, 0.1) is 5.56 Å². The van der Waals surface area contributed by atoms with E-state index in [9.17, 15) is 9.59 Å². The predicted molar refractivity (Wildman–Crippen MR) is 89.6 cm³/mol. The Morgan fingerprint density at radius 3 is 2.04 bits per heavy atom. The molecule has 2 rings (SSSR count). The maximum absolute atomic E-state index is 12.0. The lowest BCUT2D eigenvalue weighted by Gasteiger charge is -2.08. The third kappa shape index (κ3) is 4.64. The molecule has 0 saturated carbocycles. The highest BCUT2D eigenvalue weighted by Crippen LogP contribution is 2.09. The molecule has 23 heavy (non-hydrogen) atoms. The van der Waals surface area contributed by atoms with Gasteiger partial charge in [-0.1, -0.05) is 6.07 Å². The molecule has 5 nitrogen and oxygen atoms in total. The van der Waals surface area contributed by atoms with Crippen LogP contribution in [0, 0.1) is 20.8 Å². The maximum atomic E-state index is 12.0. The van der Waals surface area contributed by atoms with E-state index in [2.05, 4.69) is 15.6 Å². The van der Waals surface area contributed by atoms with Gasteiger partial charge in [0.25, 0.3) is 11.8 Å². The number of benzene rings is 1. The lowest BCUT2D eigenvalue weighted by molar-refractivity contribution is 0.0927. The molecule has 0 spiro atoms. The summed E-state index contributed by atoms with van der Waals surface area (Å²) in [5, 5.41) is 5.54. The van der Waals surface area contributed by atoms with Gasteiger partial charge < -0.3 is 10.6 Å². The molecule has 0 bridgehead atoms. The van der Waals surface area contributed by atoms with Crippen molar-refractivity contribution in [2.24, 2.45) is 0 Å². The maximum Gasteiger partial charge on any atom is 0.252 e. The molecule has 0 aliphatic rings. The van der Waals surface area contributed by atoms with Crippen molar-refractivity contribution < 1.29 is 9.59 Å². The predicted octanol–water partition coefficient (Wildman–Crippen LogP) is 2.17. The van der Waals surface area contributed by atoms with Crippen molar-refractivity contribution in [2.45, 2.75) is 20.8 Å². The van der Waals surface area contributed by atoms with Crippen LogP contribution in [0.1, 0.15) is 37.5 Å². The number of hydrogen-bond donors (Lipinski definition) is 2. The molecule has 0 atom stereocenters. The fourth-order valence-electron chi connectivity index (χ4n) is 2.04. The third-order valence-electron chi connectivity index (χ3n) is 3.64. The van der Waals surface area contributed by atoms with Gasteiger partial charge in [0.1, 0.15) is 0 Å². The van der Waals surface area contributed by atoms with E-state index in [0.29, 0.717) is 24.2 Å². The molecule has 0 aliphatic carbocycles. The van der Waals surface area contributed by atoms with Crippen LogP contribution in [0.5, 0.6) is 0 Å². The van der Waals surface area contributed by atoms with Gasteiger partial charge >= 0.3 is 0 Å². The molecule has 120 valence electrons. The lowest BCUT2D eigenvalue weighted by atomic mass is 10.1. The van der Waals surface area contributed by atoms with E-state index in [1.807, 2.05) is 32.9 Å². The summed E-state index contributed by atoms with van der Waals surface area (Å²) >= 11 is 0. The first kappa shape index (κ1) is 16.7. The van der Waals surface area contributed by atoms with Crippen molar-refractivity contribution in [2.75, 3.05) is 13.1 Å². The Kier molecular flexibility index (Phi) is 5.46. The summed E-state index contributed by atoms with van der Waals surface area (Å²) in [6, 6.07) is 9.10. The largest absolute Gasteiger partial charge is 0.350 e. The zero-order valence-electron chi connectivity index (χ0n) is 13.6. The van der Waals surface area contributed by atoms with Crippen molar-refractivity contribution >= 4 is 11.8 Å². The first-order valence-corrected chi connectivity index (χ1v) is 7.53. The molecule has 1 aromatic carbocycles. The quantitative estimate of drug-likeness (QED) is 0.831. The SMILES string of the molecule is Cc1ccc(C(=O)NCCNC(=O)c2ccc(C)c(C)c2)cn1. The summed E-state index contributed by atoms with van der Waals surface area (Å²) in [6.07, 6.45) is 1.54. The normalized spacial score (nSPS) is 10.2. The molecule has 0 radical (unpaired) electrons. The second-order valence-electron chi connectivity index (χ2n) is 5.50. The van der Waals surface area contributed by atoms with E-state index < -0.39 is 0 Å². The van der Waals surface area contributed by atoms with Gasteiger partial charge in [-0.3, -0.25) is 14.6 Å². The number of nitrogens with one attached hydrogen (secondary N) is 2. The number of carbonyl (C=O) groups excluding carboxylic acids is 2. The Hall–Kier alpha value is -2.69. The molecule has 0 aliphatic heterocycles. The fourth-order valence-corrected chi connectivity index (χ4v) is 2.04. The molecule has 5 heteroatoms. The minimum atomic E-state index is -0.196. The number of amides is 2. The summed E-state index contributed by atoms with van der Waals surface area (Å²) in [7, 11) is 0. The average Bonchev–Trinajstić information content (AvgIpc) is 2.54. The van der Waals surface area contributed by atoms with Crippen LogP contribution in [-0.4, -0.2) is 29.9 Å². The molecule has 1 heterocycles. The Bertz CT molecular complexity index is 709. The molecule has 2 N–H and O–H groups in total. The Balaban J connectivity index is 1.78. The van der Waals surface area contributed by atoms with E-state index in [4.69, 9.17) is 0 Å². The number of hydrogen-bond acceptors (Lipinski definition) is 3. The van der Waals surface area contributed by atoms with Crippen LogP contribution in [0.3, 0.4) is 0 Å². The number of pyridine rings is 1. The van der Waals surface area contributed by atoms with Crippen molar-refractivity contribution in [3.05, 3.63) is 64.5 Å². The van der Waals surface area contributed by atoms with Crippen LogP contribution in [0.25, 0.3) is 0 Å². The summed E-state index contributed by atoms with van der Waals surface area (Å²) in [5.41, 5.74) is 4.23. The molecular formula is C18H21N3O2. The summed E-state index contributed by atoms with van der Waals surface area (Å²) < 4.78 is 0. The smallest absolute Gasteiger partial charge is 0.252 e. The number of aryl methyl sites for hydroxylation is 3. The van der Waals surface area contributed by atoms with Gasteiger partial charge in [-0.25, -0.2) is 0 Å². The standard InChI is InChI=1S/C18H21N3O2/c1-12-4-6-15(10-13(12)2)17(22)19-8-9-20-18(23)16-7-5-14(3)21-11-16/h4-7,10-11H,8-9H2,1-3H3,(H,19,22)(H,20,23). The summed E-state index contributed by atoms with van der Waals surface area (Å²) in [5.74, 6) is -0.336. The second kappa shape index (κ2) is 7.54. The summed E-state index contributed by atoms with van der Waals surface area (Å²) in [6.45, 7) is 6.58. The van der Waals surface area contributed by atoms with Crippen LogP contribution < -0.4 is 10.6 Å². The zero-order valence-corrected chi connectivity index (χ0v) is 13.6. The highest BCUT2D eigenvalue weighted by atomic mass is 16.2. The van der Waals surface area contributed by atoms with Gasteiger partial charge in [-0.2, -0.15) is 0 Å². The zero-order chi connectivity index (χ0) is 16.8. The number of rotatable bonds is 5. The van der Waals surface area contributed by atoms with E-state index in [0.717, 1.165) is 16.8 Å². The minimum absolute atomic E-state index is 0.139. The highest BCUT2D eigenvalue weighted by molar-refractivity contribution is 5.95. The Morgan fingerprint density at radius 1 is 0.870 bits per heavy atom. The van der Waals surface area contributed by atoms with Gasteiger partial charge in [0.15, 0.2) is 0 Å². The topological polar surface area (TPSA) is 71.1 Å². The van der Waals surface area contributed by atoms with Crippen LogP contribution in [0.4, 0.5) is 0 Å². The highest BCUT2D eigenvalue weighted by Gasteiger charge is 2.07. The average molecular weight is 311 g/mol. The monoisotopic (exact) mass is 311 g/mol. The van der Waals surface area contributed by atoms with Crippen LogP contribution >= 0.6 is 0 Å². The third-order valence-corrected chi connectivity index (χ3v) is 3.64. The Labute approximate surface area is 136 Å². The van der Waals surface area contributed by atoms with E-state index in [1.165, 1.54) is 0 Å². The first-order valence-electron chi connectivity index (χ1n) is 7.53. The van der Waals surface area contributed by atoms with Crippen molar-refractivity contribution in [1.82, 2.24) is 15.6 Å². The van der Waals surface area contributed by atoms with Crippen LogP contribution in [-0.2, 0) is 0 Å². The van der Waals surface area contributed by atoms with Gasteiger partial charge in [-0.05, 0) is 56.2 Å². The molecule has 1 aromatic heterocycles. The molecule has 0 unspecified atom stereocenters. The molecule has 2 aromatic rings. The van der Waals surface area contributed by atoms with Crippen LogP contribution in [0.15, 0.2) is 36.5 Å². The van der Waals surface area contributed by atoms with Gasteiger partial charge in [0, 0.05) is 30.5 Å². The van der Waals surface area contributed by atoms with Crippen molar-refractivity contribution in [3.8, 4) is 0 Å². The van der Waals surface area contributed by atoms with E-state index in [-0.39, 0.29) is 11.8 Å². The number of aromatic nitrogens is 1. The number of nitrogens with zero attached hydrogens (tertiary/aromatic N) is 1. The van der Waals surface area contributed by atoms with Crippen molar-refractivity contribution in [3.63, 3.8) is 0 Å². The lowest BCUT2D eigenvalue weighted by Crippen LogP contribution is -2.34. The first-order chi connectivity index (χ1) is 11.0. The molecule has 2 amide bonds. The van der Waals surface area contributed by atoms with Crippen molar-refractivity contribution in [1.29, 1.82) is 0 Å². The molecule has 0 fully saturated rings. The number of carbonyl (C=O) groups is 2. The summed E-state index contributed by atoms with van der Waals surface area (Å²) in [4.78, 5) is 28.0. The Morgan fingerprint density at radius 2 is 1.48 bits per heavy atom. The fraction of sp³-hybridized carbons (Fsp3) is 0.278. The second-order valence-corrected chi connectivity index (χ2v) is 5.50. The van der Waals surface area contributed by atoms with E-state index >= 15 is 0 Å². The van der Waals surface area contributed by atoms with E-state index in [1.54, 1.807) is 24.4 Å². The van der Waals surface area contributed by atoms with Gasteiger partial charge in [-0.15, -0.1) is 0 Å². The van der Waals surface area contributed by atoms with Gasteiger partial charge in [0.2, 0.25) is 0 Å². The molecular weight excluding hydrogens is 290 g/mol. The van der Waals surface area contributed by atoms with Crippen LogP contribution in [0.2, 0.25) is 0 Å². The minimum Gasteiger partial charge on any atom is -0.350 e.